The molecule has 0 aliphatic rings. The van der Waals surface area contributed by atoms with Gasteiger partial charge in [-0.05, 0) is 25.7 Å². The first-order valence-electron chi connectivity index (χ1n) is 16.9. The lowest BCUT2D eigenvalue weighted by Crippen LogP contribution is -2.15. The monoisotopic (exact) mass is 694 g/mol. The van der Waals surface area contributed by atoms with E-state index >= 15 is 0 Å². The van der Waals surface area contributed by atoms with Crippen molar-refractivity contribution in [2.45, 2.75) is 51.4 Å². The van der Waals surface area contributed by atoms with Gasteiger partial charge in [0.15, 0.2) is 0 Å². The molecule has 0 aliphatic heterocycles. The van der Waals surface area contributed by atoms with Crippen LogP contribution in [0.15, 0.2) is 0 Å². The number of rotatable bonds is 42. The first kappa shape index (κ1) is 45.1. The normalized spacial score (nSPS) is 11.6. The minimum absolute atomic E-state index is 0.520. The van der Waals surface area contributed by atoms with Crippen molar-refractivity contribution in [1.29, 1.82) is 0 Å². The zero-order valence-electron chi connectivity index (χ0n) is 27.9. The second kappa shape index (κ2) is 44.1. The molecule has 0 bridgehead atoms. The number of hydrogen-bond donors (Lipinski definition) is 0. The Labute approximate surface area is 283 Å². The average Bonchev–Trinajstić information content (AvgIpc) is 3.05. The van der Waals surface area contributed by atoms with Crippen molar-refractivity contribution in [3.63, 3.8) is 0 Å². The second-order valence-corrected chi connectivity index (χ2v) is 10.7. The maximum atomic E-state index is 5.65. The largest absolute Gasteiger partial charge is 0.379 e. The van der Waals surface area contributed by atoms with Crippen molar-refractivity contribution in [2.24, 2.45) is 0 Å². The summed E-state index contributed by atoms with van der Waals surface area (Å²) in [6.07, 6.45) is 9.01. The summed E-state index contributed by atoms with van der Waals surface area (Å²) in [5.74, 6) is 1.49. The van der Waals surface area contributed by atoms with Crippen LogP contribution in [0.2, 0.25) is 0 Å². The Balaban J connectivity index is 3.03. The van der Waals surface area contributed by atoms with Crippen LogP contribution in [0.1, 0.15) is 51.4 Å². The van der Waals surface area contributed by atoms with E-state index in [1.54, 1.807) is 0 Å². The van der Waals surface area contributed by atoms with Gasteiger partial charge in [0, 0.05) is 25.0 Å². The summed E-state index contributed by atoms with van der Waals surface area (Å²) in [5, 5.41) is 0. The summed E-state index contributed by atoms with van der Waals surface area (Å²) in [5.41, 5.74) is 0. The highest BCUT2D eigenvalue weighted by Gasteiger charge is 1.97. The Bertz CT molecular complexity index is 472. The minimum Gasteiger partial charge on any atom is -0.379 e. The Hall–Kier alpha value is 0.140. The zero-order valence-corrected chi connectivity index (χ0v) is 29.4. The highest BCUT2D eigenvalue weighted by molar-refractivity contribution is 6.18. The maximum absolute atomic E-state index is 5.65. The highest BCUT2D eigenvalue weighted by atomic mass is 35.5. The van der Waals surface area contributed by atoms with E-state index in [9.17, 15) is 0 Å². The third kappa shape index (κ3) is 44.1. The predicted molar refractivity (Wildman–Crippen MR) is 177 cm³/mol. The lowest BCUT2D eigenvalue weighted by atomic mass is 10.2. The topological polar surface area (TPSA) is 102 Å². The van der Waals surface area contributed by atoms with Crippen LogP contribution in [0.4, 0.5) is 0 Å². The van der Waals surface area contributed by atoms with E-state index in [0.29, 0.717) is 132 Å². The molecule has 0 heterocycles. The molecule has 0 unspecified atom stereocenters. The number of alkyl halides is 2. The molecule has 11 nitrogen and oxygen atoms in total. The van der Waals surface area contributed by atoms with Crippen LogP contribution in [0, 0.1) is 0 Å². The Kier molecular flexibility index (Phi) is 44.3. The molecule has 0 radical (unpaired) electrons. The van der Waals surface area contributed by atoms with E-state index in [4.69, 9.17) is 75.3 Å². The third-order valence-electron chi connectivity index (χ3n) is 6.06. The molecule has 0 saturated heterocycles. The van der Waals surface area contributed by atoms with Crippen LogP contribution in [0.5, 0.6) is 0 Å². The van der Waals surface area contributed by atoms with Gasteiger partial charge in [-0.15, -0.1) is 23.2 Å². The average molecular weight is 696 g/mol. The first-order chi connectivity index (χ1) is 22.4. The summed E-state index contributed by atoms with van der Waals surface area (Å²) in [6.45, 7) is 12.5. The molecule has 0 aromatic carbocycles. The smallest absolute Gasteiger partial charge is 0.0701 e. The number of unbranched alkanes of at least 4 members (excludes halogenated alkanes) is 6. The van der Waals surface area contributed by atoms with E-state index in [-0.39, 0.29) is 0 Å². The second-order valence-electron chi connectivity index (χ2n) is 9.94. The molecule has 0 aliphatic carbocycles. The highest BCUT2D eigenvalue weighted by Crippen LogP contribution is 2.02. The van der Waals surface area contributed by atoms with E-state index in [2.05, 4.69) is 0 Å². The van der Waals surface area contributed by atoms with Gasteiger partial charge in [-0.2, -0.15) is 0 Å². The minimum atomic E-state index is 0.520. The summed E-state index contributed by atoms with van der Waals surface area (Å²) in [6, 6.07) is 0. The van der Waals surface area contributed by atoms with Gasteiger partial charge in [0.1, 0.15) is 0 Å². The van der Waals surface area contributed by atoms with Crippen LogP contribution < -0.4 is 0 Å². The van der Waals surface area contributed by atoms with Gasteiger partial charge in [-0.1, -0.05) is 25.7 Å². The standard InChI is InChI=1S/C32H64Cl2O11/c33-9-5-1-3-7-11-35-13-15-37-17-19-39-21-23-41-25-27-43-29-31-45-32-30-44-28-26-42-24-22-40-20-18-38-16-14-36-12-8-4-2-6-10-34/h1-32H2. The lowest BCUT2D eigenvalue weighted by Gasteiger charge is -2.09. The van der Waals surface area contributed by atoms with Gasteiger partial charge in [0.05, 0.1) is 132 Å². The van der Waals surface area contributed by atoms with E-state index in [1.807, 2.05) is 0 Å². The number of ether oxygens (including phenoxy) is 11. The Morgan fingerprint density at radius 2 is 0.333 bits per heavy atom. The fraction of sp³-hybridized carbons (Fsp3) is 1.00. The molecule has 0 amide bonds. The van der Waals surface area contributed by atoms with Crippen molar-refractivity contribution in [2.75, 3.05) is 157 Å². The fourth-order valence-corrected chi connectivity index (χ4v) is 3.98. The lowest BCUT2D eigenvalue weighted by molar-refractivity contribution is -0.0275. The van der Waals surface area contributed by atoms with Crippen molar-refractivity contribution in [3.8, 4) is 0 Å². The molecule has 272 valence electrons. The first-order valence-corrected chi connectivity index (χ1v) is 18.0. The molecule has 13 heteroatoms. The van der Waals surface area contributed by atoms with Gasteiger partial charge >= 0.3 is 0 Å². The van der Waals surface area contributed by atoms with Crippen molar-refractivity contribution in [3.05, 3.63) is 0 Å². The van der Waals surface area contributed by atoms with Gasteiger partial charge in [-0.25, -0.2) is 0 Å². The number of halogens is 2. The van der Waals surface area contributed by atoms with Crippen molar-refractivity contribution < 1.29 is 52.1 Å². The Morgan fingerprint density at radius 3 is 0.511 bits per heavy atom. The van der Waals surface area contributed by atoms with Crippen molar-refractivity contribution >= 4 is 23.2 Å². The summed E-state index contributed by atoms with van der Waals surface area (Å²) < 4.78 is 60.4. The van der Waals surface area contributed by atoms with Crippen LogP contribution in [-0.4, -0.2) is 157 Å². The quantitative estimate of drug-likeness (QED) is 0.0653. The molecule has 0 fully saturated rings. The molecule has 0 aromatic heterocycles. The van der Waals surface area contributed by atoms with E-state index in [0.717, 1.165) is 50.7 Å². The zero-order chi connectivity index (χ0) is 32.4. The molecule has 0 atom stereocenters. The maximum Gasteiger partial charge on any atom is 0.0701 e. The summed E-state index contributed by atoms with van der Waals surface area (Å²) in [4.78, 5) is 0. The molecular formula is C32H64Cl2O11. The van der Waals surface area contributed by atoms with Gasteiger partial charge in [0.2, 0.25) is 0 Å². The third-order valence-corrected chi connectivity index (χ3v) is 6.60. The molecular weight excluding hydrogens is 631 g/mol. The molecule has 0 rings (SSSR count). The van der Waals surface area contributed by atoms with Crippen LogP contribution in [-0.2, 0) is 52.1 Å². The van der Waals surface area contributed by atoms with E-state index < -0.39 is 0 Å². The fourth-order valence-electron chi connectivity index (χ4n) is 3.61. The molecule has 0 aromatic rings. The van der Waals surface area contributed by atoms with Crippen LogP contribution >= 0.6 is 23.2 Å². The van der Waals surface area contributed by atoms with E-state index in [1.165, 1.54) is 25.7 Å². The summed E-state index contributed by atoms with van der Waals surface area (Å²) >= 11 is 11.3. The Morgan fingerprint density at radius 1 is 0.178 bits per heavy atom. The molecule has 0 spiro atoms. The molecule has 0 saturated carbocycles. The molecule has 45 heavy (non-hydrogen) atoms. The number of hydrogen-bond acceptors (Lipinski definition) is 11. The van der Waals surface area contributed by atoms with Gasteiger partial charge < -0.3 is 52.1 Å². The molecule has 0 N–H and O–H groups in total. The van der Waals surface area contributed by atoms with Crippen molar-refractivity contribution in [1.82, 2.24) is 0 Å². The summed E-state index contributed by atoms with van der Waals surface area (Å²) in [7, 11) is 0. The predicted octanol–water partition coefficient (Wildman–Crippen LogP) is 4.77. The van der Waals surface area contributed by atoms with Gasteiger partial charge in [0.25, 0.3) is 0 Å². The van der Waals surface area contributed by atoms with Crippen LogP contribution in [0.25, 0.3) is 0 Å². The SMILES string of the molecule is ClCCCCCCOCCOCCOCCOCCOCCOCCOCCOCCOCCOCCOCCCCCCCl. The van der Waals surface area contributed by atoms with Crippen LogP contribution in [0.3, 0.4) is 0 Å². The van der Waals surface area contributed by atoms with Gasteiger partial charge in [-0.3, -0.25) is 0 Å².